The van der Waals surface area contributed by atoms with Crippen LogP contribution in [0.2, 0.25) is 0 Å². The standard InChI is InChI=1S/C11H20N2S2/c1-3-5-6-7-14-9-10-8-13-11(15-10)12-4-2/h8H,3-7,9H2,1-2H3,(H,12,13). The molecule has 1 aromatic rings. The fourth-order valence-electron chi connectivity index (χ4n) is 1.23. The summed E-state index contributed by atoms with van der Waals surface area (Å²) in [6, 6.07) is 0. The van der Waals surface area contributed by atoms with Gasteiger partial charge in [-0.3, -0.25) is 0 Å². The van der Waals surface area contributed by atoms with Crippen molar-refractivity contribution in [3.05, 3.63) is 11.1 Å². The maximum absolute atomic E-state index is 4.32. The lowest BCUT2D eigenvalue weighted by Gasteiger charge is -1.98. The monoisotopic (exact) mass is 244 g/mol. The average Bonchev–Trinajstić information content (AvgIpc) is 2.66. The normalized spacial score (nSPS) is 10.5. The Morgan fingerprint density at radius 3 is 3.00 bits per heavy atom. The van der Waals surface area contributed by atoms with Crippen molar-refractivity contribution in [3.8, 4) is 0 Å². The maximum Gasteiger partial charge on any atom is 0.182 e. The topological polar surface area (TPSA) is 24.9 Å². The fourth-order valence-corrected chi connectivity index (χ4v) is 3.22. The minimum absolute atomic E-state index is 0.955. The highest BCUT2D eigenvalue weighted by atomic mass is 32.2. The fraction of sp³-hybridized carbons (Fsp3) is 0.727. The molecule has 0 aliphatic rings. The minimum Gasteiger partial charge on any atom is -0.362 e. The number of aromatic nitrogens is 1. The molecule has 0 spiro atoms. The lowest BCUT2D eigenvalue weighted by Crippen LogP contribution is -1.94. The summed E-state index contributed by atoms with van der Waals surface area (Å²) in [5, 5.41) is 4.29. The van der Waals surface area contributed by atoms with E-state index in [4.69, 9.17) is 0 Å². The van der Waals surface area contributed by atoms with Crippen LogP contribution in [-0.2, 0) is 5.75 Å². The second-order valence-corrected chi connectivity index (χ2v) is 5.64. The molecule has 0 unspecified atom stereocenters. The number of nitrogens with zero attached hydrogens (tertiary/aromatic N) is 1. The zero-order chi connectivity index (χ0) is 10.9. The minimum atomic E-state index is 0.955. The molecule has 0 bridgehead atoms. The van der Waals surface area contributed by atoms with Crippen molar-refractivity contribution in [3.63, 3.8) is 0 Å². The van der Waals surface area contributed by atoms with E-state index in [1.165, 1.54) is 29.9 Å². The highest BCUT2D eigenvalue weighted by Gasteiger charge is 2.00. The van der Waals surface area contributed by atoms with Gasteiger partial charge in [0.15, 0.2) is 5.13 Å². The summed E-state index contributed by atoms with van der Waals surface area (Å²) < 4.78 is 0. The molecule has 0 fully saturated rings. The number of unbranched alkanes of at least 4 members (excludes halogenated alkanes) is 2. The molecule has 1 aromatic heterocycles. The van der Waals surface area contributed by atoms with Crippen molar-refractivity contribution in [2.24, 2.45) is 0 Å². The number of nitrogens with one attached hydrogen (secondary N) is 1. The molecule has 2 nitrogen and oxygen atoms in total. The van der Waals surface area contributed by atoms with Crippen molar-refractivity contribution in [1.29, 1.82) is 0 Å². The summed E-state index contributed by atoms with van der Waals surface area (Å²) in [6.07, 6.45) is 6.01. The van der Waals surface area contributed by atoms with E-state index >= 15 is 0 Å². The maximum atomic E-state index is 4.32. The number of anilines is 1. The Morgan fingerprint density at radius 2 is 2.27 bits per heavy atom. The van der Waals surface area contributed by atoms with E-state index in [0.29, 0.717) is 0 Å². The lowest BCUT2D eigenvalue weighted by molar-refractivity contribution is 0.778. The first-order valence-electron chi connectivity index (χ1n) is 5.63. The molecule has 0 aliphatic carbocycles. The third-order valence-electron chi connectivity index (χ3n) is 2.02. The molecule has 0 atom stereocenters. The van der Waals surface area contributed by atoms with Crippen molar-refractivity contribution in [2.45, 2.75) is 38.9 Å². The van der Waals surface area contributed by atoms with Gasteiger partial charge in [-0.05, 0) is 19.1 Å². The van der Waals surface area contributed by atoms with Gasteiger partial charge in [0, 0.05) is 23.4 Å². The summed E-state index contributed by atoms with van der Waals surface area (Å²) in [6.45, 7) is 5.30. The summed E-state index contributed by atoms with van der Waals surface area (Å²) >= 11 is 3.80. The van der Waals surface area contributed by atoms with Gasteiger partial charge in [0.2, 0.25) is 0 Å². The summed E-state index contributed by atoms with van der Waals surface area (Å²) in [5.41, 5.74) is 0. The Hall–Kier alpha value is -0.220. The molecular weight excluding hydrogens is 224 g/mol. The highest BCUT2D eigenvalue weighted by molar-refractivity contribution is 7.98. The number of thioether (sulfide) groups is 1. The molecular formula is C11H20N2S2. The van der Waals surface area contributed by atoms with E-state index in [9.17, 15) is 0 Å². The zero-order valence-corrected chi connectivity index (χ0v) is 11.2. The van der Waals surface area contributed by atoms with Gasteiger partial charge >= 0.3 is 0 Å². The summed E-state index contributed by atoms with van der Waals surface area (Å²) in [7, 11) is 0. The Kier molecular flexibility index (Phi) is 6.85. The van der Waals surface area contributed by atoms with Crippen LogP contribution in [0.15, 0.2) is 6.20 Å². The van der Waals surface area contributed by atoms with Crippen LogP contribution in [0.1, 0.15) is 38.0 Å². The van der Waals surface area contributed by atoms with E-state index in [-0.39, 0.29) is 0 Å². The van der Waals surface area contributed by atoms with Crippen molar-refractivity contribution >= 4 is 28.2 Å². The van der Waals surface area contributed by atoms with Crippen molar-refractivity contribution in [1.82, 2.24) is 4.98 Å². The molecule has 4 heteroatoms. The molecule has 0 radical (unpaired) electrons. The first kappa shape index (κ1) is 12.8. The van der Waals surface area contributed by atoms with Crippen LogP contribution in [0.4, 0.5) is 5.13 Å². The van der Waals surface area contributed by atoms with E-state index in [1.54, 1.807) is 11.3 Å². The van der Waals surface area contributed by atoms with E-state index in [2.05, 4.69) is 24.1 Å². The molecule has 1 N–H and O–H groups in total. The Bertz CT molecular complexity index is 261. The largest absolute Gasteiger partial charge is 0.362 e. The van der Waals surface area contributed by atoms with E-state index in [1.807, 2.05) is 18.0 Å². The van der Waals surface area contributed by atoms with Crippen LogP contribution in [0.5, 0.6) is 0 Å². The predicted octanol–water partition coefficient (Wildman–Crippen LogP) is 4.00. The summed E-state index contributed by atoms with van der Waals surface area (Å²) in [4.78, 5) is 5.70. The van der Waals surface area contributed by atoms with E-state index in [0.717, 1.165) is 17.4 Å². The van der Waals surface area contributed by atoms with Crippen molar-refractivity contribution < 1.29 is 0 Å². The van der Waals surface area contributed by atoms with Gasteiger partial charge in [0.1, 0.15) is 0 Å². The average molecular weight is 244 g/mol. The van der Waals surface area contributed by atoms with Gasteiger partial charge in [-0.2, -0.15) is 11.8 Å². The zero-order valence-electron chi connectivity index (χ0n) is 9.58. The van der Waals surface area contributed by atoms with Gasteiger partial charge in [0.05, 0.1) is 0 Å². The number of hydrogen-bond acceptors (Lipinski definition) is 4. The molecule has 0 amide bonds. The van der Waals surface area contributed by atoms with Crippen molar-refractivity contribution in [2.75, 3.05) is 17.6 Å². The third kappa shape index (κ3) is 5.42. The molecule has 1 rings (SSSR count). The van der Waals surface area contributed by atoms with Gasteiger partial charge < -0.3 is 5.32 Å². The molecule has 15 heavy (non-hydrogen) atoms. The molecule has 0 saturated carbocycles. The highest BCUT2D eigenvalue weighted by Crippen LogP contribution is 2.23. The van der Waals surface area contributed by atoms with Gasteiger partial charge in [-0.15, -0.1) is 11.3 Å². The van der Waals surface area contributed by atoms with Crippen LogP contribution < -0.4 is 5.32 Å². The second-order valence-electron chi connectivity index (χ2n) is 3.42. The Balaban J connectivity index is 2.14. The number of thiazole rings is 1. The molecule has 0 aliphatic heterocycles. The molecule has 0 saturated heterocycles. The van der Waals surface area contributed by atoms with Crippen LogP contribution in [-0.4, -0.2) is 17.3 Å². The first-order valence-corrected chi connectivity index (χ1v) is 7.60. The number of hydrogen-bond donors (Lipinski definition) is 1. The smallest absolute Gasteiger partial charge is 0.182 e. The second kappa shape index (κ2) is 7.99. The lowest BCUT2D eigenvalue weighted by atomic mass is 10.3. The van der Waals surface area contributed by atoms with E-state index < -0.39 is 0 Å². The first-order chi connectivity index (χ1) is 7.36. The molecule has 1 heterocycles. The Morgan fingerprint density at radius 1 is 1.40 bits per heavy atom. The summed E-state index contributed by atoms with van der Waals surface area (Å²) in [5.74, 6) is 2.40. The molecule has 0 aromatic carbocycles. The predicted molar refractivity (Wildman–Crippen MR) is 72.0 cm³/mol. The van der Waals surface area contributed by atoms with Crippen LogP contribution in [0.25, 0.3) is 0 Å². The number of rotatable bonds is 8. The van der Waals surface area contributed by atoms with Gasteiger partial charge in [0.25, 0.3) is 0 Å². The van der Waals surface area contributed by atoms with Gasteiger partial charge in [-0.25, -0.2) is 4.98 Å². The van der Waals surface area contributed by atoms with Gasteiger partial charge in [-0.1, -0.05) is 19.8 Å². The van der Waals surface area contributed by atoms with Crippen LogP contribution >= 0.6 is 23.1 Å². The quantitative estimate of drug-likeness (QED) is 0.700. The van der Waals surface area contributed by atoms with Crippen LogP contribution in [0, 0.1) is 0 Å². The third-order valence-corrected chi connectivity index (χ3v) is 4.25. The van der Waals surface area contributed by atoms with Crippen LogP contribution in [0.3, 0.4) is 0 Å². The Labute approximate surface area is 101 Å². The SMILES string of the molecule is CCCCCSCc1cnc(NCC)s1. The molecule has 86 valence electrons.